The van der Waals surface area contributed by atoms with Crippen molar-refractivity contribution in [1.29, 1.82) is 0 Å². The largest absolute Gasteiger partial charge is 0.353 e. The van der Waals surface area contributed by atoms with Crippen LogP contribution in [0.25, 0.3) is 5.82 Å². The lowest BCUT2D eigenvalue weighted by Gasteiger charge is -2.35. The van der Waals surface area contributed by atoms with Gasteiger partial charge in [0.2, 0.25) is 0 Å². The van der Waals surface area contributed by atoms with Crippen molar-refractivity contribution in [3.63, 3.8) is 0 Å². The maximum Gasteiger partial charge on any atom is 0.272 e. The lowest BCUT2D eigenvalue weighted by atomic mass is 10.2. The van der Waals surface area contributed by atoms with Crippen molar-refractivity contribution in [1.82, 2.24) is 39.6 Å². The molecule has 1 amide bonds. The average molecular weight is 353 g/mol. The molecule has 132 valence electrons. The van der Waals surface area contributed by atoms with Crippen LogP contribution in [0.3, 0.4) is 0 Å². The molecule has 1 N–H and O–H groups in total. The van der Waals surface area contributed by atoms with Gasteiger partial charge in [0, 0.05) is 38.3 Å². The van der Waals surface area contributed by atoms with Crippen LogP contribution in [-0.2, 0) is 0 Å². The minimum atomic E-state index is -0.344. The summed E-state index contributed by atoms with van der Waals surface area (Å²) < 4.78 is 1.56. The van der Waals surface area contributed by atoms with Gasteiger partial charge in [-0.05, 0) is 0 Å². The molecule has 0 bridgehead atoms. The van der Waals surface area contributed by atoms with E-state index in [1.807, 2.05) is 6.07 Å². The second-order valence-electron chi connectivity index (χ2n) is 5.65. The number of rotatable bonds is 3. The molecule has 1 saturated heterocycles. The van der Waals surface area contributed by atoms with E-state index >= 15 is 0 Å². The van der Waals surface area contributed by atoms with Crippen molar-refractivity contribution in [3.8, 4) is 5.82 Å². The Labute approximate surface area is 147 Å². The van der Waals surface area contributed by atoms with Gasteiger partial charge < -0.3 is 14.8 Å². The van der Waals surface area contributed by atoms with Gasteiger partial charge >= 0.3 is 0 Å². The molecule has 26 heavy (non-hydrogen) atoms. The van der Waals surface area contributed by atoms with Crippen molar-refractivity contribution in [2.45, 2.75) is 0 Å². The van der Waals surface area contributed by atoms with Gasteiger partial charge in [0.05, 0.1) is 6.33 Å². The predicted octanol–water partition coefficient (Wildman–Crippen LogP) is -0.897. The van der Waals surface area contributed by atoms with Gasteiger partial charge in [-0.15, -0.1) is 0 Å². The first-order chi connectivity index (χ1) is 12.7. The number of carbonyl (C=O) groups excluding carboxylic acids is 1. The van der Waals surface area contributed by atoms with Gasteiger partial charge in [-0.25, -0.2) is 24.6 Å². The van der Waals surface area contributed by atoms with Crippen LogP contribution >= 0.6 is 0 Å². The molecule has 1 aliphatic heterocycles. The quantitative estimate of drug-likeness (QED) is 0.642. The van der Waals surface area contributed by atoms with Crippen molar-refractivity contribution >= 4 is 11.7 Å². The second kappa shape index (κ2) is 6.70. The van der Waals surface area contributed by atoms with E-state index in [9.17, 15) is 9.59 Å². The van der Waals surface area contributed by atoms with Crippen LogP contribution in [0, 0.1) is 0 Å². The van der Waals surface area contributed by atoms with Gasteiger partial charge in [-0.3, -0.25) is 9.59 Å². The monoisotopic (exact) mass is 353 g/mol. The number of piperazine rings is 1. The van der Waals surface area contributed by atoms with Gasteiger partial charge in [0.1, 0.15) is 30.5 Å². The lowest BCUT2D eigenvalue weighted by Crippen LogP contribution is -2.49. The number of aromatic amines is 1. The lowest BCUT2D eigenvalue weighted by molar-refractivity contribution is 0.0740. The van der Waals surface area contributed by atoms with E-state index < -0.39 is 0 Å². The summed E-state index contributed by atoms with van der Waals surface area (Å²) in [5, 5.41) is 4.06. The van der Waals surface area contributed by atoms with Crippen LogP contribution in [0.2, 0.25) is 0 Å². The van der Waals surface area contributed by atoms with Gasteiger partial charge in [-0.2, -0.15) is 5.10 Å². The normalized spacial score (nSPS) is 14.5. The fourth-order valence-electron chi connectivity index (χ4n) is 2.75. The highest BCUT2D eigenvalue weighted by Gasteiger charge is 2.24. The molecule has 0 saturated carbocycles. The first-order valence-electron chi connectivity index (χ1n) is 7.97. The Morgan fingerprint density at radius 2 is 1.81 bits per heavy atom. The molecule has 4 heterocycles. The van der Waals surface area contributed by atoms with Crippen LogP contribution < -0.4 is 10.5 Å². The van der Waals surface area contributed by atoms with E-state index in [-0.39, 0.29) is 17.2 Å². The number of hydrogen-bond donors (Lipinski definition) is 1. The highest BCUT2D eigenvalue weighted by molar-refractivity contribution is 5.92. The van der Waals surface area contributed by atoms with E-state index in [2.05, 4.69) is 34.9 Å². The zero-order valence-corrected chi connectivity index (χ0v) is 13.7. The third kappa shape index (κ3) is 3.14. The standard InChI is InChI=1S/C15H15N9O2/c25-14-5-11(17-8-20-14)15(26)23-3-1-22(2-4-23)12-6-13(19-9-18-12)24-10-16-7-21-24/h5-10H,1-4H2,(H,17,20,25). The Kier molecular flexibility index (Phi) is 4.09. The Morgan fingerprint density at radius 1 is 1.00 bits per heavy atom. The number of nitrogens with one attached hydrogen (secondary N) is 1. The molecule has 1 fully saturated rings. The van der Waals surface area contributed by atoms with Crippen molar-refractivity contribution in [2.75, 3.05) is 31.1 Å². The number of H-pyrrole nitrogens is 1. The number of hydrogen-bond acceptors (Lipinski definition) is 8. The molecule has 3 aromatic rings. The third-order valence-electron chi connectivity index (χ3n) is 4.08. The van der Waals surface area contributed by atoms with Crippen LogP contribution in [0.1, 0.15) is 10.5 Å². The van der Waals surface area contributed by atoms with E-state index in [4.69, 9.17) is 0 Å². The molecule has 0 aromatic carbocycles. The van der Waals surface area contributed by atoms with E-state index in [0.29, 0.717) is 32.0 Å². The maximum absolute atomic E-state index is 12.5. The molecular weight excluding hydrogens is 338 g/mol. The fourth-order valence-corrected chi connectivity index (χ4v) is 2.75. The summed E-state index contributed by atoms with van der Waals surface area (Å²) in [5.41, 5.74) is -0.193. The van der Waals surface area contributed by atoms with Crippen molar-refractivity contribution in [3.05, 3.63) is 53.5 Å². The summed E-state index contributed by atoms with van der Waals surface area (Å²) >= 11 is 0. The zero-order valence-electron chi connectivity index (χ0n) is 13.7. The molecule has 0 unspecified atom stereocenters. The summed E-state index contributed by atoms with van der Waals surface area (Å²) in [4.78, 5) is 46.3. The molecule has 3 aromatic heterocycles. The molecular formula is C15H15N9O2. The summed E-state index contributed by atoms with van der Waals surface area (Å²) in [6.07, 6.45) is 5.72. The highest BCUT2D eigenvalue weighted by Crippen LogP contribution is 2.16. The SMILES string of the molecule is O=C(c1cc(=O)[nH]cn1)N1CCN(c2cc(-n3cncn3)ncn2)CC1. The van der Waals surface area contributed by atoms with Crippen LogP contribution in [-0.4, -0.2) is 71.7 Å². The molecule has 0 aliphatic carbocycles. The van der Waals surface area contributed by atoms with Crippen molar-refractivity contribution in [2.24, 2.45) is 0 Å². The van der Waals surface area contributed by atoms with Crippen LogP contribution in [0.4, 0.5) is 5.82 Å². The third-order valence-corrected chi connectivity index (χ3v) is 4.08. The topological polar surface area (TPSA) is 126 Å². The average Bonchev–Trinajstić information content (AvgIpc) is 3.23. The number of amides is 1. The first kappa shape index (κ1) is 15.9. The highest BCUT2D eigenvalue weighted by atomic mass is 16.2. The molecule has 0 atom stereocenters. The Morgan fingerprint density at radius 3 is 2.54 bits per heavy atom. The van der Waals surface area contributed by atoms with Gasteiger partial charge in [0.15, 0.2) is 5.82 Å². The predicted molar refractivity (Wildman–Crippen MR) is 89.9 cm³/mol. The molecule has 0 spiro atoms. The number of carbonyl (C=O) groups is 1. The summed E-state index contributed by atoms with van der Waals surface area (Å²) in [6.45, 7) is 2.25. The number of aromatic nitrogens is 7. The Hall–Kier alpha value is -3.63. The molecule has 1 aliphatic rings. The zero-order chi connectivity index (χ0) is 17.9. The molecule has 4 rings (SSSR count). The first-order valence-corrected chi connectivity index (χ1v) is 7.97. The van der Waals surface area contributed by atoms with E-state index in [1.165, 1.54) is 25.0 Å². The molecule has 11 heteroatoms. The number of anilines is 1. The van der Waals surface area contributed by atoms with Gasteiger partial charge in [0.25, 0.3) is 11.5 Å². The van der Waals surface area contributed by atoms with Crippen molar-refractivity contribution < 1.29 is 4.79 Å². The number of nitrogens with zero attached hydrogens (tertiary/aromatic N) is 8. The second-order valence-corrected chi connectivity index (χ2v) is 5.65. The Balaban J connectivity index is 1.45. The minimum absolute atomic E-state index is 0.151. The molecule has 0 radical (unpaired) electrons. The summed E-state index contributed by atoms with van der Waals surface area (Å²) in [6, 6.07) is 3.04. The van der Waals surface area contributed by atoms with E-state index in [0.717, 1.165) is 5.82 Å². The fraction of sp³-hybridized carbons (Fsp3) is 0.267. The van der Waals surface area contributed by atoms with Crippen LogP contribution in [0.15, 0.2) is 42.2 Å². The van der Waals surface area contributed by atoms with Crippen LogP contribution in [0.5, 0.6) is 0 Å². The summed E-state index contributed by atoms with van der Waals surface area (Å²) in [7, 11) is 0. The van der Waals surface area contributed by atoms with Gasteiger partial charge in [-0.1, -0.05) is 0 Å². The minimum Gasteiger partial charge on any atom is -0.353 e. The smallest absolute Gasteiger partial charge is 0.272 e. The molecule has 11 nitrogen and oxygen atoms in total. The van der Waals surface area contributed by atoms with E-state index in [1.54, 1.807) is 15.9 Å². The maximum atomic E-state index is 12.5. The summed E-state index contributed by atoms with van der Waals surface area (Å²) in [5.74, 6) is 1.13. The Bertz CT molecular complexity index is 961.